The molecule has 1 fully saturated rings. The number of carbonyl (C=O) groups is 2. The molecule has 1 aliphatic heterocycles. The Morgan fingerprint density at radius 1 is 1.06 bits per heavy atom. The highest BCUT2D eigenvalue weighted by Gasteiger charge is 2.32. The van der Waals surface area contributed by atoms with E-state index in [1.54, 1.807) is 28.9 Å². The minimum atomic E-state index is -3.97. The van der Waals surface area contributed by atoms with Crippen LogP contribution in [0.15, 0.2) is 47.4 Å². The van der Waals surface area contributed by atoms with E-state index in [1.165, 1.54) is 36.8 Å². The second-order valence-electron chi connectivity index (χ2n) is 13.1. The summed E-state index contributed by atoms with van der Waals surface area (Å²) in [5.74, 6) is -0.0743. The number of carbonyl (C=O) groups excluding carboxylic acids is 2. The molecule has 0 saturated heterocycles. The van der Waals surface area contributed by atoms with Crippen LogP contribution in [0.2, 0.25) is 5.02 Å². The van der Waals surface area contributed by atoms with Gasteiger partial charge >= 0.3 is 0 Å². The molecule has 2 aliphatic rings. The number of sulfonamides is 1. The number of hydrogen-bond acceptors (Lipinski definition) is 7. The molecule has 260 valence electrons. The molecule has 0 bridgehead atoms. The summed E-state index contributed by atoms with van der Waals surface area (Å²) in [6, 6.07) is 9.91. The molecule has 0 radical (unpaired) electrons. The van der Waals surface area contributed by atoms with E-state index in [9.17, 15) is 23.1 Å². The van der Waals surface area contributed by atoms with Gasteiger partial charge in [-0.1, -0.05) is 37.8 Å². The van der Waals surface area contributed by atoms with Crippen molar-refractivity contribution in [3.63, 3.8) is 0 Å². The zero-order valence-corrected chi connectivity index (χ0v) is 29.6. The van der Waals surface area contributed by atoms with Crippen LogP contribution in [0.5, 0.6) is 5.75 Å². The van der Waals surface area contributed by atoms with E-state index in [1.807, 2.05) is 20.9 Å². The summed E-state index contributed by atoms with van der Waals surface area (Å²) in [7, 11) is -2.14. The van der Waals surface area contributed by atoms with Gasteiger partial charge in [0.1, 0.15) is 5.75 Å². The standard InChI is InChI=1S/C35H50ClN3O7S/c1-24-21-39(25(2)23-40)35(42)31-20-29(37-47(43,44)30-16-13-28(36)14-17-30)15-18-32(31)46-26(3)10-8-9-19-45-33(24)22-38(4)34(41)27-11-6-5-7-12-27/h13-18,20,24-27,33,37,40H,5-12,19,21-23H2,1-4H3/t24-,25+,26+,33+/m1/s1. The summed E-state index contributed by atoms with van der Waals surface area (Å²) in [5, 5.41) is 10.6. The van der Waals surface area contributed by atoms with E-state index in [0.717, 1.165) is 44.9 Å². The lowest BCUT2D eigenvalue weighted by Crippen LogP contribution is -2.48. The van der Waals surface area contributed by atoms with Crippen LogP contribution in [0, 0.1) is 11.8 Å². The van der Waals surface area contributed by atoms with Crippen LogP contribution in [0.25, 0.3) is 0 Å². The Hall–Kier alpha value is -2.86. The number of benzene rings is 2. The van der Waals surface area contributed by atoms with Gasteiger partial charge in [0.25, 0.3) is 15.9 Å². The van der Waals surface area contributed by atoms with Crippen LogP contribution in [0.3, 0.4) is 0 Å². The Morgan fingerprint density at radius 3 is 2.43 bits per heavy atom. The first-order valence-electron chi connectivity index (χ1n) is 16.8. The normalized spacial score (nSPS) is 22.8. The quantitative estimate of drug-likeness (QED) is 0.349. The molecule has 2 aromatic rings. The van der Waals surface area contributed by atoms with Gasteiger partial charge in [-0.05, 0) is 88.4 Å². The van der Waals surface area contributed by atoms with Gasteiger partial charge in [0.2, 0.25) is 5.91 Å². The Kier molecular flexibility index (Phi) is 13.4. The predicted octanol–water partition coefficient (Wildman–Crippen LogP) is 5.98. The highest BCUT2D eigenvalue weighted by molar-refractivity contribution is 7.92. The molecule has 4 atom stereocenters. The van der Waals surface area contributed by atoms with Crippen LogP contribution in [0.4, 0.5) is 5.69 Å². The fourth-order valence-corrected chi connectivity index (χ4v) is 7.47. The number of halogens is 1. The van der Waals surface area contributed by atoms with Gasteiger partial charge in [0.15, 0.2) is 0 Å². The molecule has 2 amide bonds. The molecular formula is C35H50ClN3O7S. The van der Waals surface area contributed by atoms with Crippen molar-refractivity contribution in [1.29, 1.82) is 0 Å². The zero-order valence-electron chi connectivity index (χ0n) is 28.0. The highest BCUT2D eigenvalue weighted by Crippen LogP contribution is 2.30. The molecule has 10 nitrogen and oxygen atoms in total. The molecule has 0 unspecified atom stereocenters. The monoisotopic (exact) mass is 691 g/mol. The largest absolute Gasteiger partial charge is 0.490 e. The Labute approximate surface area is 284 Å². The molecule has 0 aromatic heterocycles. The lowest BCUT2D eigenvalue weighted by atomic mass is 9.88. The third-order valence-corrected chi connectivity index (χ3v) is 10.9. The van der Waals surface area contributed by atoms with E-state index in [4.69, 9.17) is 21.1 Å². The predicted molar refractivity (Wildman–Crippen MR) is 183 cm³/mol. The minimum Gasteiger partial charge on any atom is -0.490 e. The molecule has 1 aliphatic carbocycles. The lowest BCUT2D eigenvalue weighted by molar-refractivity contribution is -0.137. The highest BCUT2D eigenvalue weighted by atomic mass is 35.5. The van der Waals surface area contributed by atoms with Crippen molar-refractivity contribution >= 4 is 39.1 Å². The lowest BCUT2D eigenvalue weighted by Gasteiger charge is -2.36. The second kappa shape index (κ2) is 17.0. The van der Waals surface area contributed by atoms with Crippen LogP contribution in [-0.2, 0) is 19.6 Å². The van der Waals surface area contributed by atoms with E-state index in [0.29, 0.717) is 23.9 Å². The SMILES string of the molecule is C[C@@H]1CN([C@@H](C)CO)C(=O)c2cc(NS(=O)(=O)c3ccc(Cl)cc3)ccc2O[C@@H](C)CCCCO[C@H]1CN(C)C(=O)C1CCCCC1. The summed E-state index contributed by atoms with van der Waals surface area (Å²) in [4.78, 5) is 31.1. The number of likely N-dealkylation sites (N-methyl/N-ethyl adjacent to an activating group) is 1. The Balaban J connectivity index is 1.64. The van der Waals surface area contributed by atoms with Gasteiger partial charge in [0.05, 0.1) is 35.3 Å². The van der Waals surface area contributed by atoms with Crippen LogP contribution < -0.4 is 9.46 Å². The summed E-state index contributed by atoms with van der Waals surface area (Å²) < 4.78 is 41.6. The molecule has 47 heavy (non-hydrogen) atoms. The molecule has 1 saturated carbocycles. The number of nitrogens with zero attached hydrogens (tertiary/aromatic N) is 2. The van der Waals surface area contributed by atoms with Gasteiger partial charge < -0.3 is 24.4 Å². The molecule has 0 spiro atoms. The number of aliphatic hydroxyl groups is 1. The number of nitrogens with one attached hydrogen (secondary N) is 1. The maximum atomic E-state index is 14.4. The fourth-order valence-electron chi connectivity index (χ4n) is 6.30. The summed E-state index contributed by atoms with van der Waals surface area (Å²) in [5.41, 5.74) is 0.373. The first kappa shape index (κ1) is 37.0. The summed E-state index contributed by atoms with van der Waals surface area (Å²) in [6.07, 6.45) is 6.97. The minimum absolute atomic E-state index is 0.0283. The number of fused-ring (bicyclic) bond motifs is 1. The van der Waals surface area contributed by atoms with E-state index in [2.05, 4.69) is 4.72 Å². The average molecular weight is 692 g/mol. The summed E-state index contributed by atoms with van der Waals surface area (Å²) in [6.45, 7) is 6.58. The van der Waals surface area contributed by atoms with Gasteiger partial charge in [-0.15, -0.1) is 0 Å². The van der Waals surface area contributed by atoms with Crippen molar-refractivity contribution in [2.24, 2.45) is 11.8 Å². The Morgan fingerprint density at radius 2 is 1.74 bits per heavy atom. The van der Waals surface area contributed by atoms with Crippen LogP contribution in [0.1, 0.15) is 82.5 Å². The first-order chi connectivity index (χ1) is 22.4. The molecule has 4 rings (SSSR count). The molecule has 2 aromatic carbocycles. The number of hydrogen-bond donors (Lipinski definition) is 2. The van der Waals surface area contributed by atoms with Gasteiger partial charge in [-0.25, -0.2) is 8.42 Å². The number of amides is 2. The number of aliphatic hydroxyl groups excluding tert-OH is 1. The fraction of sp³-hybridized carbons (Fsp3) is 0.600. The molecule has 12 heteroatoms. The van der Waals surface area contributed by atoms with Gasteiger partial charge in [0, 0.05) is 49.3 Å². The van der Waals surface area contributed by atoms with Crippen LogP contribution in [-0.4, -0.2) is 86.7 Å². The van der Waals surface area contributed by atoms with E-state index in [-0.39, 0.29) is 59.2 Å². The number of ether oxygens (including phenoxy) is 2. The maximum absolute atomic E-state index is 14.4. The smallest absolute Gasteiger partial charge is 0.261 e. The van der Waals surface area contributed by atoms with Crippen molar-refractivity contribution in [3.05, 3.63) is 53.1 Å². The van der Waals surface area contributed by atoms with Crippen molar-refractivity contribution in [2.75, 3.05) is 38.1 Å². The summed E-state index contributed by atoms with van der Waals surface area (Å²) >= 11 is 5.95. The first-order valence-corrected chi connectivity index (χ1v) is 18.6. The average Bonchev–Trinajstić information content (AvgIpc) is 3.06. The maximum Gasteiger partial charge on any atom is 0.261 e. The molecule has 1 heterocycles. The third kappa shape index (κ3) is 10.1. The molecule has 2 N–H and O–H groups in total. The molecular weight excluding hydrogens is 642 g/mol. The Bertz CT molecular complexity index is 1450. The van der Waals surface area contributed by atoms with E-state index < -0.39 is 22.0 Å². The van der Waals surface area contributed by atoms with Crippen LogP contribution >= 0.6 is 11.6 Å². The third-order valence-electron chi connectivity index (χ3n) is 9.21. The topological polar surface area (TPSA) is 125 Å². The number of anilines is 1. The van der Waals surface area contributed by atoms with E-state index >= 15 is 0 Å². The zero-order chi connectivity index (χ0) is 34.1. The van der Waals surface area contributed by atoms with Crippen molar-refractivity contribution in [1.82, 2.24) is 9.80 Å². The van der Waals surface area contributed by atoms with Gasteiger partial charge in [-0.2, -0.15) is 0 Å². The van der Waals surface area contributed by atoms with Crippen molar-refractivity contribution in [2.45, 2.75) is 95.3 Å². The van der Waals surface area contributed by atoms with Gasteiger partial charge in [-0.3, -0.25) is 14.3 Å². The number of rotatable bonds is 8. The second-order valence-corrected chi connectivity index (χ2v) is 15.2. The van der Waals surface area contributed by atoms with Crippen molar-refractivity contribution < 1.29 is 32.6 Å². The van der Waals surface area contributed by atoms with Crippen molar-refractivity contribution in [3.8, 4) is 5.75 Å².